The van der Waals surface area contributed by atoms with Crippen molar-refractivity contribution >= 4 is 18.2 Å². The Morgan fingerprint density at radius 1 is 1.44 bits per heavy atom. The van der Waals surface area contributed by atoms with Crippen molar-refractivity contribution in [1.82, 2.24) is 5.32 Å². The fourth-order valence-corrected chi connectivity index (χ4v) is 1.91. The molecule has 7 nitrogen and oxygen atoms in total. The summed E-state index contributed by atoms with van der Waals surface area (Å²) in [5, 5.41) is 2.93. The summed E-state index contributed by atoms with van der Waals surface area (Å²) in [6.07, 6.45) is 0. The lowest BCUT2D eigenvalue weighted by molar-refractivity contribution is -0.154. The Morgan fingerprint density at radius 3 is 2.44 bits per heavy atom. The van der Waals surface area contributed by atoms with Crippen molar-refractivity contribution in [3.8, 4) is 5.75 Å². The molecule has 1 atom stereocenters. The van der Waals surface area contributed by atoms with E-state index in [1.165, 1.54) is 14.0 Å². The Labute approximate surface area is 148 Å². The maximum absolute atomic E-state index is 12.3. The van der Waals surface area contributed by atoms with Crippen molar-refractivity contribution in [2.75, 3.05) is 27.3 Å². The minimum atomic E-state index is -1.22. The minimum absolute atomic E-state index is 0.0570. The molecular formula is C18H27NO6. The summed E-state index contributed by atoms with van der Waals surface area (Å²) in [6, 6.07) is 5.38. The number of ketones is 1. The number of esters is 1. The van der Waals surface area contributed by atoms with Crippen LogP contribution in [0.5, 0.6) is 5.75 Å². The second kappa shape index (κ2) is 11.2. The third-order valence-corrected chi connectivity index (χ3v) is 3.18. The molecule has 0 aliphatic carbocycles. The van der Waals surface area contributed by atoms with Crippen LogP contribution in [0, 0.1) is 6.92 Å². The third-order valence-electron chi connectivity index (χ3n) is 3.18. The van der Waals surface area contributed by atoms with Gasteiger partial charge in [-0.15, -0.1) is 0 Å². The van der Waals surface area contributed by atoms with E-state index in [4.69, 9.17) is 14.3 Å². The first-order chi connectivity index (χ1) is 11.7. The largest absolute Gasteiger partial charge is 0.488 e. The molecule has 0 aromatic heterocycles. The molecule has 140 valence electrons. The standard InChI is InChI=1S/C13H14O4.C3H9N.C2H4O2/c1-8-4-5-11-10(6-8)12(15)13(3,7-16-11)17-9(2)14;1-3-4-2;1-4-2-3/h4-6H,7H2,1-3H3;4H,3H2,1-2H3;2H,1H3. The zero-order chi connectivity index (χ0) is 19.5. The molecule has 0 spiro atoms. The SMILES string of the molecule is CC(=O)OC1(C)COc2ccc(C)cc2C1=O.CCNC.COC=O. The lowest BCUT2D eigenvalue weighted by Gasteiger charge is -2.32. The number of nitrogens with one attached hydrogen (secondary N) is 1. The molecule has 0 fully saturated rings. The molecule has 25 heavy (non-hydrogen) atoms. The fraction of sp³-hybridized carbons (Fsp3) is 0.500. The molecule has 1 N–H and O–H groups in total. The molecule has 1 aliphatic rings. The van der Waals surface area contributed by atoms with Gasteiger partial charge in [-0.2, -0.15) is 0 Å². The van der Waals surface area contributed by atoms with E-state index in [1.54, 1.807) is 19.1 Å². The van der Waals surface area contributed by atoms with Crippen molar-refractivity contribution in [3.05, 3.63) is 29.3 Å². The highest BCUT2D eigenvalue weighted by Crippen LogP contribution is 2.32. The number of methoxy groups -OCH3 is 1. The van der Waals surface area contributed by atoms with Crippen LogP contribution in [-0.2, 0) is 19.1 Å². The van der Waals surface area contributed by atoms with Gasteiger partial charge in [0.05, 0.1) is 12.7 Å². The summed E-state index contributed by atoms with van der Waals surface area (Å²) >= 11 is 0. The monoisotopic (exact) mass is 353 g/mol. The fourth-order valence-electron chi connectivity index (χ4n) is 1.91. The van der Waals surface area contributed by atoms with Gasteiger partial charge in [0.25, 0.3) is 6.47 Å². The van der Waals surface area contributed by atoms with Crippen LogP contribution in [0.25, 0.3) is 0 Å². The molecule has 0 amide bonds. The molecule has 1 aromatic carbocycles. The first-order valence-corrected chi connectivity index (χ1v) is 7.84. The molecule has 7 heteroatoms. The van der Waals surface area contributed by atoms with E-state index in [0.717, 1.165) is 12.1 Å². The summed E-state index contributed by atoms with van der Waals surface area (Å²) < 4.78 is 14.4. The number of rotatable bonds is 3. The number of hydrogen-bond acceptors (Lipinski definition) is 7. The highest BCUT2D eigenvalue weighted by Gasteiger charge is 2.43. The number of aryl methyl sites for hydroxylation is 1. The summed E-state index contributed by atoms with van der Waals surface area (Å²) in [5.74, 6) is -0.150. The number of benzene rings is 1. The van der Waals surface area contributed by atoms with Crippen LogP contribution in [0.1, 0.15) is 36.7 Å². The van der Waals surface area contributed by atoms with Gasteiger partial charge >= 0.3 is 5.97 Å². The first-order valence-electron chi connectivity index (χ1n) is 7.84. The number of carbonyl (C=O) groups excluding carboxylic acids is 3. The zero-order valence-electron chi connectivity index (χ0n) is 15.7. The van der Waals surface area contributed by atoms with Gasteiger partial charge < -0.3 is 19.5 Å². The molecule has 1 aliphatic heterocycles. The summed E-state index contributed by atoms with van der Waals surface area (Å²) in [5.41, 5.74) is 0.222. The van der Waals surface area contributed by atoms with E-state index in [9.17, 15) is 9.59 Å². The summed E-state index contributed by atoms with van der Waals surface area (Å²) in [6.45, 7) is 8.32. The quantitative estimate of drug-likeness (QED) is 0.655. The highest BCUT2D eigenvalue weighted by molar-refractivity contribution is 6.06. The molecule has 0 saturated heterocycles. The van der Waals surface area contributed by atoms with Crippen LogP contribution < -0.4 is 10.1 Å². The van der Waals surface area contributed by atoms with Gasteiger partial charge in [0, 0.05) is 6.92 Å². The Kier molecular flexibility index (Phi) is 10.1. The predicted octanol–water partition coefficient (Wildman–Crippen LogP) is 1.91. The van der Waals surface area contributed by atoms with Crippen molar-refractivity contribution < 1.29 is 28.6 Å². The topological polar surface area (TPSA) is 90.9 Å². The Balaban J connectivity index is 0.000000609. The van der Waals surface area contributed by atoms with Crippen LogP contribution in [0.3, 0.4) is 0 Å². The number of Topliss-reactive ketones (excluding diaryl/α,β-unsaturated/α-hetero) is 1. The van der Waals surface area contributed by atoms with Crippen molar-refractivity contribution in [2.45, 2.75) is 33.3 Å². The van der Waals surface area contributed by atoms with Crippen LogP contribution in [0.15, 0.2) is 18.2 Å². The van der Waals surface area contributed by atoms with Gasteiger partial charge in [-0.1, -0.05) is 18.6 Å². The molecule has 0 saturated carbocycles. The highest BCUT2D eigenvalue weighted by atomic mass is 16.6. The lowest BCUT2D eigenvalue weighted by atomic mass is 9.91. The molecular weight excluding hydrogens is 326 g/mol. The first kappa shape index (κ1) is 22.6. The predicted molar refractivity (Wildman–Crippen MR) is 93.8 cm³/mol. The van der Waals surface area contributed by atoms with Crippen LogP contribution >= 0.6 is 0 Å². The molecule has 0 bridgehead atoms. The van der Waals surface area contributed by atoms with E-state index < -0.39 is 11.6 Å². The Hall–Kier alpha value is -2.41. The van der Waals surface area contributed by atoms with Gasteiger partial charge in [-0.25, -0.2) is 0 Å². The summed E-state index contributed by atoms with van der Waals surface area (Å²) in [4.78, 5) is 32.2. The van der Waals surface area contributed by atoms with Gasteiger partial charge in [0.15, 0.2) is 0 Å². The maximum atomic E-state index is 12.3. The molecule has 2 rings (SSSR count). The summed E-state index contributed by atoms with van der Waals surface area (Å²) in [7, 11) is 3.24. The molecule has 1 heterocycles. The maximum Gasteiger partial charge on any atom is 0.303 e. The Bertz CT molecular complexity index is 585. The van der Waals surface area contributed by atoms with Crippen molar-refractivity contribution in [1.29, 1.82) is 0 Å². The van der Waals surface area contributed by atoms with Gasteiger partial charge in [0.2, 0.25) is 11.4 Å². The van der Waals surface area contributed by atoms with Crippen molar-refractivity contribution in [2.24, 2.45) is 0 Å². The normalized spacial score (nSPS) is 17.4. The molecule has 0 radical (unpaired) electrons. The molecule has 1 aromatic rings. The second-order valence-corrected chi connectivity index (χ2v) is 5.48. The van der Waals surface area contributed by atoms with Crippen LogP contribution in [-0.4, -0.2) is 51.1 Å². The van der Waals surface area contributed by atoms with Gasteiger partial charge in [-0.05, 0) is 39.6 Å². The molecule has 1 unspecified atom stereocenters. The van der Waals surface area contributed by atoms with E-state index in [2.05, 4.69) is 17.0 Å². The minimum Gasteiger partial charge on any atom is -0.488 e. The lowest BCUT2D eigenvalue weighted by Crippen LogP contribution is -2.48. The van der Waals surface area contributed by atoms with E-state index in [1.807, 2.05) is 20.0 Å². The number of ether oxygens (including phenoxy) is 3. The zero-order valence-corrected chi connectivity index (χ0v) is 15.7. The number of fused-ring (bicyclic) bond motifs is 1. The Morgan fingerprint density at radius 2 is 2.00 bits per heavy atom. The van der Waals surface area contributed by atoms with E-state index in [0.29, 0.717) is 17.8 Å². The second-order valence-electron chi connectivity index (χ2n) is 5.48. The van der Waals surface area contributed by atoms with E-state index in [-0.39, 0.29) is 12.4 Å². The smallest absolute Gasteiger partial charge is 0.303 e. The average molecular weight is 353 g/mol. The number of hydrogen-bond donors (Lipinski definition) is 1. The van der Waals surface area contributed by atoms with Crippen LogP contribution in [0.4, 0.5) is 0 Å². The average Bonchev–Trinajstić information content (AvgIpc) is 2.59. The van der Waals surface area contributed by atoms with Crippen LogP contribution in [0.2, 0.25) is 0 Å². The third kappa shape index (κ3) is 7.34. The number of carbonyl (C=O) groups is 3. The van der Waals surface area contributed by atoms with Crippen molar-refractivity contribution in [3.63, 3.8) is 0 Å². The van der Waals surface area contributed by atoms with Gasteiger partial charge in [0.1, 0.15) is 12.4 Å². The van der Waals surface area contributed by atoms with E-state index >= 15 is 0 Å². The van der Waals surface area contributed by atoms with Gasteiger partial charge in [-0.3, -0.25) is 14.4 Å².